The van der Waals surface area contributed by atoms with Crippen LogP contribution >= 0.6 is 0 Å². The van der Waals surface area contributed by atoms with Crippen LogP contribution in [0.4, 0.5) is 0 Å². The Bertz CT molecular complexity index is 1130. The number of aromatic nitrogens is 4. The maximum Gasteiger partial charge on any atom is 0.368 e. The molecule has 8 heteroatoms. The highest BCUT2D eigenvalue weighted by molar-refractivity contribution is 6.00. The zero-order chi connectivity index (χ0) is 20.4. The summed E-state index contributed by atoms with van der Waals surface area (Å²) in [5.74, 6) is 0.915. The van der Waals surface area contributed by atoms with Crippen molar-refractivity contribution >= 4 is 5.71 Å². The van der Waals surface area contributed by atoms with Crippen molar-refractivity contribution in [3.05, 3.63) is 69.1 Å². The van der Waals surface area contributed by atoms with Gasteiger partial charge < -0.3 is 9.57 Å². The van der Waals surface area contributed by atoms with Crippen LogP contribution in [0.15, 0.2) is 46.3 Å². The molecule has 1 aromatic heterocycles. The maximum absolute atomic E-state index is 12.3. The fraction of sp³-hybridized carbons (Fsp3) is 0.333. The Morgan fingerprint density at radius 2 is 2.07 bits per heavy atom. The number of ether oxygens (including phenoxy) is 1. The maximum atomic E-state index is 12.3. The van der Waals surface area contributed by atoms with E-state index in [-0.39, 0.29) is 12.3 Å². The number of nitrogens with zero attached hydrogens (tertiary/aromatic N) is 5. The van der Waals surface area contributed by atoms with Crippen LogP contribution in [0.25, 0.3) is 5.69 Å². The van der Waals surface area contributed by atoms with Crippen molar-refractivity contribution in [2.75, 3.05) is 6.61 Å². The zero-order valence-electron chi connectivity index (χ0n) is 16.8. The first-order valence-corrected chi connectivity index (χ1v) is 9.62. The fourth-order valence-corrected chi connectivity index (χ4v) is 3.59. The summed E-state index contributed by atoms with van der Waals surface area (Å²) in [4.78, 5) is 18.0. The lowest BCUT2D eigenvalue weighted by Gasteiger charge is -2.12. The lowest BCUT2D eigenvalue weighted by molar-refractivity contribution is 0.130. The second-order valence-corrected chi connectivity index (χ2v) is 6.90. The Labute approximate surface area is 168 Å². The molecule has 0 bridgehead atoms. The molecule has 0 atom stereocenters. The highest BCUT2D eigenvalue weighted by Gasteiger charge is 2.18. The van der Waals surface area contributed by atoms with Crippen LogP contribution < -0.4 is 10.4 Å². The number of oxime groups is 1. The Morgan fingerprint density at radius 1 is 1.24 bits per heavy atom. The van der Waals surface area contributed by atoms with Gasteiger partial charge in [-0.15, -0.1) is 0 Å². The van der Waals surface area contributed by atoms with Gasteiger partial charge in [0.1, 0.15) is 12.4 Å². The summed E-state index contributed by atoms with van der Waals surface area (Å²) in [6.45, 7) is 4.91. The van der Waals surface area contributed by atoms with Crippen LogP contribution in [0, 0.1) is 0 Å². The van der Waals surface area contributed by atoms with Gasteiger partial charge in [0.25, 0.3) is 0 Å². The average Bonchev–Trinajstić information content (AvgIpc) is 3.34. The van der Waals surface area contributed by atoms with Crippen LogP contribution in [0.2, 0.25) is 0 Å². The molecular weight excluding hydrogens is 370 g/mol. The van der Waals surface area contributed by atoms with Gasteiger partial charge in [0.2, 0.25) is 0 Å². The molecule has 29 heavy (non-hydrogen) atoms. The molecule has 0 unspecified atom stereocenters. The molecule has 0 N–H and O–H groups in total. The van der Waals surface area contributed by atoms with E-state index in [4.69, 9.17) is 9.57 Å². The van der Waals surface area contributed by atoms with E-state index in [0.717, 1.165) is 46.6 Å². The predicted molar refractivity (Wildman–Crippen MR) is 109 cm³/mol. The molecular formula is C21H23N5O3. The largest absolute Gasteiger partial charge is 0.493 e. The van der Waals surface area contributed by atoms with Crippen LogP contribution in [-0.4, -0.2) is 32.1 Å². The molecule has 0 aliphatic carbocycles. The van der Waals surface area contributed by atoms with Crippen molar-refractivity contribution in [3.63, 3.8) is 0 Å². The number of hydrogen-bond donors (Lipinski definition) is 0. The minimum absolute atomic E-state index is 0.227. The first-order chi connectivity index (χ1) is 14.1. The van der Waals surface area contributed by atoms with Crippen LogP contribution in [-0.2, 0) is 31.3 Å². The minimum Gasteiger partial charge on any atom is -0.493 e. The Kier molecular flexibility index (Phi) is 5.16. The number of benzene rings is 2. The molecule has 0 saturated carbocycles. The van der Waals surface area contributed by atoms with Crippen molar-refractivity contribution in [2.24, 2.45) is 12.2 Å². The van der Waals surface area contributed by atoms with Crippen LogP contribution in [0.1, 0.15) is 36.1 Å². The van der Waals surface area contributed by atoms with Gasteiger partial charge in [-0.25, -0.2) is 4.79 Å². The van der Waals surface area contributed by atoms with Gasteiger partial charge >= 0.3 is 5.69 Å². The van der Waals surface area contributed by atoms with Gasteiger partial charge in [-0.1, -0.05) is 36.3 Å². The number of aryl methyl sites for hydroxylation is 2. The predicted octanol–water partition coefficient (Wildman–Crippen LogP) is 2.40. The van der Waals surface area contributed by atoms with E-state index in [1.807, 2.05) is 43.3 Å². The van der Waals surface area contributed by atoms with E-state index in [1.165, 1.54) is 9.36 Å². The van der Waals surface area contributed by atoms with Gasteiger partial charge in [0, 0.05) is 30.2 Å². The van der Waals surface area contributed by atoms with Crippen molar-refractivity contribution in [2.45, 2.75) is 33.3 Å². The average molecular weight is 393 g/mol. The van der Waals surface area contributed by atoms with Gasteiger partial charge in [-0.3, -0.25) is 0 Å². The second-order valence-electron chi connectivity index (χ2n) is 6.90. The summed E-state index contributed by atoms with van der Waals surface area (Å²) in [5, 5.41) is 12.1. The highest BCUT2D eigenvalue weighted by atomic mass is 16.6. The van der Waals surface area contributed by atoms with Gasteiger partial charge in [-0.05, 0) is 41.5 Å². The van der Waals surface area contributed by atoms with E-state index >= 15 is 0 Å². The van der Waals surface area contributed by atoms with Crippen LogP contribution in [0.3, 0.4) is 0 Å². The number of fused-ring (bicyclic) bond motifs is 1. The monoisotopic (exact) mass is 393 g/mol. The lowest BCUT2D eigenvalue weighted by atomic mass is 10.0. The normalized spacial score (nSPS) is 13.3. The number of tetrazole rings is 1. The molecule has 0 radical (unpaired) electrons. The molecule has 0 spiro atoms. The molecule has 0 saturated heterocycles. The third-order valence-electron chi connectivity index (χ3n) is 5.12. The van der Waals surface area contributed by atoms with Crippen LogP contribution in [0.5, 0.6) is 5.75 Å². The summed E-state index contributed by atoms with van der Waals surface area (Å²) in [5.41, 5.74) is 5.29. The van der Waals surface area contributed by atoms with E-state index in [1.54, 1.807) is 7.05 Å². The summed E-state index contributed by atoms with van der Waals surface area (Å²) in [6, 6.07) is 11.7. The van der Waals surface area contributed by atoms with Crippen molar-refractivity contribution in [3.8, 4) is 11.4 Å². The quantitative estimate of drug-likeness (QED) is 0.474. The smallest absolute Gasteiger partial charge is 0.368 e. The minimum atomic E-state index is -0.306. The third-order valence-corrected chi connectivity index (χ3v) is 5.12. The lowest BCUT2D eigenvalue weighted by Crippen LogP contribution is -2.23. The summed E-state index contributed by atoms with van der Waals surface area (Å²) >= 11 is 0. The van der Waals surface area contributed by atoms with E-state index in [2.05, 4.69) is 22.5 Å². The van der Waals surface area contributed by atoms with E-state index in [9.17, 15) is 4.79 Å². The standard InChI is InChI=1S/C21H23N5O3/c1-4-15-7-5-9-19(26-21(27)25(3)23-24-26)18(15)13-29-22-14(2)16-8-6-10-20-17(16)11-12-28-20/h5-10H,4,11-13H2,1-3H3/b22-14-. The second kappa shape index (κ2) is 7.90. The van der Waals surface area contributed by atoms with Gasteiger partial charge in [0.05, 0.1) is 18.0 Å². The zero-order valence-corrected chi connectivity index (χ0v) is 16.8. The molecule has 2 aromatic carbocycles. The van der Waals surface area contributed by atoms with E-state index in [0.29, 0.717) is 12.3 Å². The van der Waals surface area contributed by atoms with Gasteiger partial charge in [-0.2, -0.15) is 9.36 Å². The van der Waals surface area contributed by atoms with Crippen molar-refractivity contribution in [1.29, 1.82) is 0 Å². The molecule has 3 aromatic rings. The molecule has 1 aliphatic heterocycles. The molecule has 4 rings (SSSR count). The molecule has 1 aliphatic rings. The molecule has 0 amide bonds. The summed E-state index contributed by atoms with van der Waals surface area (Å²) < 4.78 is 8.11. The number of hydrogen-bond acceptors (Lipinski definition) is 6. The highest BCUT2D eigenvalue weighted by Crippen LogP contribution is 2.28. The first-order valence-electron chi connectivity index (χ1n) is 9.62. The van der Waals surface area contributed by atoms with Gasteiger partial charge in [0.15, 0.2) is 0 Å². The molecule has 0 fully saturated rings. The third kappa shape index (κ3) is 3.53. The Morgan fingerprint density at radius 3 is 2.83 bits per heavy atom. The number of rotatable bonds is 6. The topological polar surface area (TPSA) is 83.5 Å². The molecule has 8 nitrogen and oxygen atoms in total. The summed E-state index contributed by atoms with van der Waals surface area (Å²) in [6.07, 6.45) is 1.67. The summed E-state index contributed by atoms with van der Waals surface area (Å²) in [7, 11) is 1.57. The molecule has 150 valence electrons. The van der Waals surface area contributed by atoms with Crippen molar-refractivity contribution in [1.82, 2.24) is 19.8 Å². The Balaban J connectivity index is 1.62. The van der Waals surface area contributed by atoms with Crippen molar-refractivity contribution < 1.29 is 9.57 Å². The first kappa shape index (κ1) is 18.9. The fourth-order valence-electron chi connectivity index (χ4n) is 3.59. The Hall–Kier alpha value is -3.42. The molecule has 2 heterocycles. The van der Waals surface area contributed by atoms with E-state index < -0.39 is 0 Å². The SMILES string of the molecule is CCc1cccc(-n2nnn(C)c2=O)c1CO/N=C(/C)c1cccc2c1CCO2.